The molecule has 0 bridgehead atoms. The Kier molecular flexibility index (Phi) is 4.00. The molecule has 2 fully saturated rings. The number of hydrogen-bond acceptors (Lipinski definition) is 3. The van der Waals surface area contributed by atoms with Gasteiger partial charge in [0.1, 0.15) is 5.75 Å². The molecular formula is C16H18ClNO4. The number of carbonyl (C=O) groups is 2. The lowest BCUT2D eigenvalue weighted by atomic mass is 9.81. The van der Waals surface area contributed by atoms with Crippen LogP contribution in [0.1, 0.15) is 19.3 Å². The molecule has 0 spiro atoms. The van der Waals surface area contributed by atoms with E-state index in [9.17, 15) is 14.7 Å². The van der Waals surface area contributed by atoms with Gasteiger partial charge in [0, 0.05) is 18.1 Å². The quantitative estimate of drug-likeness (QED) is 0.924. The van der Waals surface area contributed by atoms with E-state index >= 15 is 0 Å². The molecule has 118 valence electrons. The largest absolute Gasteiger partial charge is 0.484 e. The summed E-state index contributed by atoms with van der Waals surface area (Å²) in [5, 5.41) is 10.1. The van der Waals surface area contributed by atoms with E-state index in [-0.39, 0.29) is 18.4 Å². The van der Waals surface area contributed by atoms with Crippen molar-refractivity contribution in [2.24, 2.45) is 11.3 Å². The van der Waals surface area contributed by atoms with E-state index in [0.29, 0.717) is 30.3 Å². The molecule has 1 amide bonds. The van der Waals surface area contributed by atoms with E-state index in [0.717, 1.165) is 12.8 Å². The van der Waals surface area contributed by atoms with Gasteiger partial charge in [0.05, 0.1) is 5.41 Å². The Morgan fingerprint density at radius 3 is 2.73 bits per heavy atom. The number of halogens is 1. The van der Waals surface area contributed by atoms with Gasteiger partial charge >= 0.3 is 5.97 Å². The maximum atomic E-state index is 12.3. The lowest BCUT2D eigenvalue weighted by Gasteiger charge is -2.23. The summed E-state index contributed by atoms with van der Waals surface area (Å²) in [6.07, 6.45) is 2.48. The molecule has 1 aromatic rings. The maximum absolute atomic E-state index is 12.3. The lowest BCUT2D eigenvalue weighted by Crippen LogP contribution is -2.38. The first-order chi connectivity index (χ1) is 10.5. The standard InChI is InChI=1S/C16H18ClNO4/c17-12-3-5-13(6-4-12)22-9-14(19)18-8-11-2-1-7-16(11,10-18)15(20)21/h3-6,11H,1-2,7-10H2,(H,20,21)/t11-,16+/m0/s1. The van der Waals surface area contributed by atoms with Crippen LogP contribution >= 0.6 is 11.6 Å². The van der Waals surface area contributed by atoms with Gasteiger partial charge in [-0.2, -0.15) is 0 Å². The van der Waals surface area contributed by atoms with Gasteiger partial charge < -0.3 is 14.7 Å². The summed E-state index contributed by atoms with van der Waals surface area (Å²) < 4.78 is 5.45. The summed E-state index contributed by atoms with van der Waals surface area (Å²) in [5.74, 6) is -0.288. The van der Waals surface area contributed by atoms with Crippen LogP contribution in [-0.4, -0.2) is 41.6 Å². The predicted octanol–water partition coefficient (Wildman–Crippen LogP) is 2.43. The van der Waals surface area contributed by atoms with E-state index in [1.165, 1.54) is 0 Å². The molecule has 0 radical (unpaired) electrons. The first kappa shape index (κ1) is 15.2. The molecule has 6 heteroatoms. The van der Waals surface area contributed by atoms with Crippen LogP contribution in [0.5, 0.6) is 5.75 Å². The highest BCUT2D eigenvalue weighted by Gasteiger charge is 2.55. The first-order valence-corrected chi connectivity index (χ1v) is 7.78. The fraction of sp³-hybridized carbons (Fsp3) is 0.500. The van der Waals surface area contributed by atoms with E-state index < -0.39 is 11.4 Å². The molecule has 1 aromatic carbocycles. The number of ether oxygens (including phenoxy) is 1. The van der Waals surface area contributed by atoms with Crippen molar-refractivity contribution >= 4 is 23.5 Å². The fourth-order valence-corrected chi connectivity index (χ4v) is 3.72. The van der Waals surface area contributed by atoms with Crippen LogP contribution < -0.4 is 4.74 Å². The average molecular weight is 324 g/mol. The molecule has 1 N–H and O–H groups in total. The monoisotopic (exact) mass is 323 g/mol. The molecule has 0 unspecified atom stereocenters. The highest BCUT2D eigenvalue weighted by molar-refractivity contribution is 6.30. The molecule has 3 rings (SSSR count). The van der Waals surface area contributed by atoms with Crippen molar-refractivity contribution < 1.29 is 19.4 Å². The lowest BCUT2D eigenvalue weighted by molar-refractivity contribution is -0.149. The zero-order valence-corrected chi connectivity index (χ0v) is 12.9. The van der Waals surface area contributed by atoms with Crippen LogP contribution in [0.4, 0.5) is 0 Å². The van der Waals surface area contributed by atoms with Crippen molar-refractivity contribution in [1.29, 1.82) is 0 Å². The van der Waals surface area contributed by atoms with Crippen molar-refractivity contribution in [1.82, 2.24) is 4.90 Å². The fourth-order valence-electron chi connectivity index (χ4n) is 3.60. The summed E-state index contributed by atoms with van der Waals surface area (Å²) in [6.45, 7) is 0.745. The number of nitrogens with zero attached hydrogens (tertiary/aromatic N) is 1. The Morgan fingerprint density at radius 1 is 1.36 bits per heavy atom. The summed E-state index contributed by atoms with van der Waals surface area (Å²) in [7, 11) is 0. The third-order valence-electron chi connectivity index (χ3n) is 4.83. The number of benzene rings is 1. The van der Waals surface area contributed by atoms with Gasteiger partial charge in [-0.1, -0.05) is 18.0 Å². The molecule has 5 nitrogen and oxygen atoms in total. The molecule has 1 saturated carbocycles. The predicted molar refractivity (Wildman–Crippen MR) is 80.9 cm³/mol. The first-order valence-electron chi connectivity index (χ1n) is 7.41. The van der Waals surface area contributed by atoms with Gasteiger partial charge in [-0.25, -0.2) is 0 Å². The molecule has 2 atom stereocenters. The van der Waals surface area contributed by atoms with Gasteiger partial charge in [-0.15, -0.1) is 0 Å². The van der Waals surface area contributed by atoms with Crippen molar-refractivity contribution in [2.45, 2.75) is 19.3 Å². The highest BCUT2D eigenvalue weighted by atomic mass is 35.5. The molecule has 1 aliphatic heterocycles. The van der Waals surface area contributed by atoms with E-state index in [4.69, 9.17) is 16.3 Å². The number of likely N-dealkylation sites (tertiary alicyclic amines) is 1. The number of hydrogen-bond donors (Lipinski definition) is 1. The Balaban J connectivity index is 1.60. The number of carbonyl (C=O) groups excluding carboxylic acids is 1. The maximum Gasteiger partial charge on any atom is 0.311 e. The van der Waals surface area contributed by atoms with Gasteiger partial charge in [-0.05, 0) is 43.0 Å². The third-order valence-corrected chi connectivity index (χ3v) is 5.08. The van der Waals surface area contributed by atoms with Crippen LogP contribution in [0.15, 0.2) is 24.3 Å². The average Bonchev–Trinajstić information content (AvgIpc) is 3.04. The zero-order valence-electron chi connectivity index (χ0n) is 12.1. The number of aliphatic carboxylic acids is 1. The topological polar surface area (TPSA) is 66.8 Å². The van der Waals surface area contributed by atoms with Crippen LogP contribution in [0, 0.1) is 11.3 Å². The second kappa shape index (κ2) is 5.80. The SMILES string of the molecule is O=C(COc1ccc(Cl)cc1)N1C[C@@H]2CCC[C@@]2(C(=O)O)C1. The normalized spacial score (nSPS) is 26.8. The van der Waals surface area contributed by atoms with Gasteiger partial charge in [0.15, 0.2) is 6.61 Å². The summed E-state index contributed by atoms with van der Waals surface area (Å²) in [6, 6.07) is 6.79. The van der Waals surface area contributed by atoms with Gasteiger partial charge in [0.25, 0.3) is 5.91 Å². The smallest absolute Gasteiger partial charge is 0.311 e. The second-order valence-electron chi connectivity index (χ2n) is 6.07. The Morgan fingerprint density at radius 2 is 2.09 bits per heavy atom. The van der Waals surface area contributed by atoms with Crippen LogP contribution in [0.25, 0.3) is 0 Å². The van der Waals surface area contributed by atoms with Crippen LogP contribution in [0.3, 0.4) is 0 Å². The molecule has 1 saturated heterocycles. The molecule has 1 aliphatic carbocycles. The minimum Gasteiger partial charge on any atom is -0.484 e. The highest BCUT2D eigenvalue weighted by Crippen LogP contribution is 2.48. The van der Waals surface area contributed by atoms with E-state index in [2.05, 4.69) is 0 Å². The minimum absolute atomic E-state index is 0.0736. The summed E-state index contributed by atoms with van der Waals surface area (Å²) in [5.41, 5.74) is -0.740. The zero-order chi connectivity index (χ0) is 15.7. The Bertz CT molecular complexity index is 588. The molecule has 0 aromatic heterocycles. The Hall–Kier alpha value is -1.75. The van der Waals surface area contributed by atoms with Crippen molar-refractivity contribution in [3.05, 3.63) is 29.3 Å². The van der Waals surface area contributed by atoms with Crippen molar-refractivity contribution in [3.63, 3.8) is 0 Å². The summed E-state index contributed by atoms with van der Waals surface area (Å²) >= 11 is 5.79. The second-order valence-corrected chi connectivity index (χ2v) is 6.50. The number of rotatable bonds is 4. The Labute approximate surface area is 133 Å². The molecule has 2 aliphatic rings. The van der Waals surface area contributed by atoms with Gasteiger partial charge in [0.2, 0.25) is 0 Å². The summed E-state index contributed by atoms with van der Waals surface area (Å²) in [4.78, 5) is 25.5. The molecular weight excluding hydrogens is 306 g/mol. The molecule has 1 heterocycles. The van der Waals surface area contributed by atoms with Crippen molar-refractivity contribution in [2.75, 3.05) is 19.7 Å². The number of carboxylic acid groups (broad SMARTS) is 1. The minimum atomic E-state index is -0.774. The van der Waals surface area contributed by atoms with E-state index in [1.807, 2.05) is 0 Å². The third kappa shape index (κ3) is 2.65. The number of carboxylic acids is 1. The molecule has 22 heavy (non-hydrogen) atoms. The number of amides is 1. The van der Waals surface area contributed by atoms with E-state index in [1.54, 1.807) is 29.2 Å². The van der Waals surface area contributed by atoms with Crippen LogP contribution in [-0.2, 0) is 9.59 Å². The number of fused-ring (bicyclic) bond motifs is 1. The van der Waals surface area contributed by atoms with Crippen molar-refractivity contribution in [3.8, 4) is 5.75 Å². The van der Waals surface area contributed by atoms with Gasteiger partial charge in [-0.3, -0.25) is 9.59 Å². The van der Waals surface area contributed by atoms with Crippen LogP contribution in [0.2, 0.25) is 5.02 Å².